The molecule has 0 unspecified atom stereocenters. The Morgan fingerprint density at radius 3 is 2.41 bits per heavy atom. The van der Waals surface area contributed by atoms with Gasteiger partial charge in [-0.15, -0.1) is 0 Å². The number of rotatable bonds is 9. The van der Waals surface area contributed by atoms with Crippen LogP contribution in [0.3, 0.4) is 0 Å². The second kappa shape index (κ2) is 10.2. The predicted octanol–water partition coefficient (Wildman–Crippen LogP) is 3.40. The number of nitrogens with zero attached hydrogens (tertiary/aromatic N) is 1. The van der Waals surface area contributed by atoms with Crippen LogP contribution in [0.5, 0.6) is 5.75 Å². The Hall–Kier alpha value is -3.46. The van der Waals surface area contributed by atoms with E-state index in [-0.39, 0.29) is 35.7 Å². The Morgan fingerprint density at radius 2 is 1.79 bits per heavy atom. The van der Waals surface area contributed by atoms with Crippen LogP contribution in [0.1, 0.15) is 23.2 Å². The highest BCUT2D eigenvalue weighted by Crippen LogP contribution is 2.28. The van der Waals surface area contributed by atoms with Crippen LogP contribution in [0.2, 0.25) is 5.02 Å². The van der Waals surface area contributed by atoms with Gasteiger partial charge in [0.1, 0.15) is 5.75 Å². The third-order valence-corrected chi connectivity index (χ3v) is 4.01. The molecule has 0 saturated carbocycles. The minimum atomic E-state index is -0.710. The number of carbonyl (C=O) groups is 3. The number of non-ortho nitro benzene ring substituents is 1. The van der Waals surface area contributed by atoms with Gasteiger partial charge in [0.25, 0.3) is 11.6 Å². The molecule has 0 saturated heterocycles. The van der Waals surface area contributed by atoms with Gasteiger partial charge >= 0.3 is 5.97 Å². The standard InChI is InChI=1S/C19H17ClN2O7/c1-28-17-10-14(22(26)27)6-7-15(17)21-18(24)11-29-19(25)9-8-16(23)12-2-4-13(20)5-3-12/h2-7,10H,8-9,11H2,1H3,(H,21,24). The predicted molar refractivity (Wildman–Crippen MR) is 104 cm³/mol. The van der Waals surface area contributed by atoms with Crippen molar-refractivity contribution in [2.45, 2.75) is 12.8 Å². The first kappa shape index (κ1) is 21.8. The van der Waals surface area contributed by atoms with E-state index in [4.69, 9.17) is 21.1 Å². The minimum absolute atomic E-state index is 0.0712. The van der Waals surface area contributed by atoms with Gasteiger partial charge in [0.2, 0.25) is 0 Å². The summed E-state index contributed by atoms with van der Waals surface area (Å²) in [6, 6.07) is 9.92. The van der Waals surface area contributed by atoms with Crippen LogP contribution in [0, 0.1) is 10.1 Å². The molecule has 0 fully saturated rings. The van der Waals surface area contributed by atoms with E-state index in [1.165, 1.54) is 19.2 Å². The first-order valence-electron chi connectivity index (χ1n) is 8.37. The molecule has 9 nitrogen and oxygen atoms in total. The van der Waals surface area contributed by atoms with Crippen LogP contribution in [0.25, 0.3) is 0 Å². The average Bonchev–Trinajstić information content (AvgIpc) is 2.71. The maximum atomic E-state index is 12.0. The third kappa shape index (κ3) is 6.58. The number of carbonyl (C=O) groups excluding carboxylic acids is 3. The molecule has 0 aliphatic carbocycles. The van der Waals surface area contributed by atoms with Gasteiger partial charge < -0.3 is 14.8 Å². The molecule has 0 heterocycles. The number of ether oxygens (including phenoxy) is 2. The van der Waals surface area contributed by atoms with Crippen LogP contribution < -0.4 is 10.1 Å². The lowest BCUT2D eigenvalue weighted by Crippen LogP contribution is -2.21. The van der Waals surface area contributed by atoms with E-state index in [1.54, 1.807) is 24.3 Å². The van der Waals surface area contributed by atoms with E-state index in [0.29, 0.717) is 10.6 Å². The number of nitro groups is 1. The van der Waals surface area contributed by atoms with Gasteiger partial charge in [-0.2, -0.15) is 0 Å². The molecule has 2 aromatic rings. The highest BCUT2D eigenvalue weighted by atomic mass is 35.5. The second-order valence-electron chi connectivity index (χ2n) is 5.78. The minimum Gasteiger partial charge on any atom is -0.494 e. The molecule has 0 radical (unpaired) electrons. The number of anilines is 1. The Balaban J connectivity index is 1.81. The quantitative estimate of drug-likeness (QED) is 0.285. The zero-order chi connectivity index (χ0) is 21.4. The Morgan fingerprint density at radius 1 is 1.10 bits per heavy atom. The number of halogens is 1. The summed E-state index contributed by atoms with van der Waals surface area (Å²) in [5.41, 5.74) is 0.416. The first-order valence-corrected chi connectivity index (χ1v) is 8.74. The summed E-state index contributed by atoms with van der Waals surface area (Å²) in [5.74, 6) is -1.53. The zero-order valence-electron chi connectivity index (χ0n) is 15.3. The van der Waals surface area contributed by atoms with E-state index >= 15 is 0 Å². The van der Waals surface area contributed by atoms with Crippen LogP contribution >= 0.6 is 11.6 Å². The first-order chi connectivity index (χ1) is 13.8. The van der Waals surface area contributed by atoms with Crippen molar-refractivity contribution in [3.63, 3.8) is 0 Å². The van der Waals surface area contributed by atoms with E-state index in [9.17, 15) is 24.5 Å². The topological polar surface area (TPSA) is 125 Å². The molecule has 0 atom stereocenters. The molecule has 0 aliphatic heterocycles. The van der Waals surface area contributed by atoms with Gasteiger partial charge in [-0.25, -0.2) is 0 Å². The molecule has 2 aromatic carbocycles. The molecule has 0 spiro atoms. The van der Waals surface area contributed by atoms with Crippen molar-refractivity contribution in [2.75, 3.05) is 19.0 Å². The number of esters is 1. The number of hydrogen-bond acceptors (Lipinski definition) is 7. The van der Waals surface area contributed by atoms with Crippen LogP contribution in [0.15, 0.2) is 42.5 Å². The number of hydrogen-bond donors (Lipinski definition) is 1. The summed E-state index contributed by atoms with van der Waals surface area (Å²) < 4.78 is 9.85. The molecule has 152 valence electrons. The molecule has 1 amide bonds. The zero-order valence-corrected chi connectivity index (χ0v) is 16.1. The largest absolute Gasteiger partial charge is 0.494 e. The smallest absolute Gasteiger partial charge is 0.306 e. The summed E-state index contributed by atoms with van der Waals surface area (Å²) >= 11 is 5.75. The highest BCUT2D eigenvalue weighted by molar-refractivity contribution is 6.30. The monoisotopic (exact) mass is 420 g/mol. The van der Waals surface area contributed by atoms with Gasteiger partial charge in [0.05, 0.1) is 30.2 Å². The second-order valence-corrected chi connectivity index (χ2v) is 6.22. The lowest BCUT2D eigenvalue weighted by Gasteiger charge is -2.10. The highest BCUT2D eigenvalue weighted by Gasteiger charge is 2.15. The molecule has 29 heavy (non-hydrogen) atoms. The lowest BCUT2D eigenvalue weighted by molar-refractivity contribution is -0.384. The van der Waals surface area contributed by atoms with Crippen LogP contribution in [-0.4, -0.2) is 36.3 Å². The summed E-state index contributed by atoms with van der Waals surface area (Å²) in [5, 5.41) is 13.7. The van der Waals surface area contributed by atoms with Gasteiger partial charge in [-0.05, 0) is 30.3 Å². The van der Waals surface area contributed by atoms with E-state index in [2.05, 4.69) is 5.32 Å². The van der Waals surface area contributed by atoms with Crippen molar-refractivity contribution >= 4 is 40.6 Å². The number of amides is 1. The maximum Gasteiger partial charge on any atom is 0.306 e. The molecule has 0 aliphatic rings. The third-order valence-electron chi connectivity index (χ3n) is 3.76. The van der Waals surface area contributed by atoms with E-state index in [1.807, 2.05) is 0 Å². The Kier molecular flexibility index (Phi) is 7.67. The number of benzene rings is 2. The number of methoxy groups -OCH3 is 1. The fraction of sp³-hybridized carbons (Fsp3) is 0.211. The number of Topliss-reactive ketones (excluding diaryl/α,β-unsaturated/α-hetero) is 1. The Labute approximate surface area is 170 Å². The maximum absolute atomic E-state index is 12.0. The van der Waals surface area contributed by atoms with Crippen molar-refractivity contribution in [1.82, 2.24) is 0 Å². The van der Waals surface area contributed by atoms with Gasteiger partial charge in [-0.3, -0.25) is 24.5 Å². The molecule has 1 N–H and O–H groups in total. The van der Waals surface area contributed by atoms with E-state index in [0.717, 1.165) is 6.07 Å². The van der Waals surface area contributed by atoms with Gasteiger partial charge in [0.15, 0.2) is 12.4 Å². The van der Waals surface area contributed by atoms with Gasteiger partial charge in [0, 0.05) is 23.1 Å². The molecular weight excluding hydrogens is 404 g/mol. The van der Waals surface area contributed by atoms with Crippen molar-refractivity contribution in [3.8, 4) is 5.75 Å². The van der Waals surface area contributed by atoms with Crippen molar-refractivity contribution < 1.29 is 28.8 Å². The van der Waals surface area contributed by atoms with Crippen molar-refractivity contribution in [3.05, 3.63) is 63.2 Å². The fourth-order valence-corrected chi connectivity index (χ4v) is 2.42. The molecule has 0 bridgehead atoms. The number of ketones is 1. The summed E-state index contributed by atoms with van der Waals surface area (Å²) in [4.78, 5) is 45.9. The summed E-state index contributed by atoms with van der Waals surface area (Å²) in [7, 11) is 1.30. The SMILES string of the molecule is COc1cc([N+](=O)[O-])ccc1NC(=O)COC(=O)CCC(=O)c1ccc(Cl)cc1. The number of nitro benzene ring substituents is 1. The van der Waals surface area contributed by atoms with Crippen LogP contribution in [-0.2, 0) is 14.3 Å². The number of nitrogens with one attached hydrogen (secondary N) is 1. The summed E-state index contributed by atoms with van der Waals surface area (Å²) in [6.07, 6.45) is -0.256. The summed E-state index contributed by atoms with van der Waals surface area (Å²) in [6.45, 7) is -0.575. The van der Waals surface area contributed by atoms with Crippen molar-refractivity contribution in [2.24, 2.45) is 0 Å². The van der Waals surface area contributed by atoms with Gasteiger partial charge in [-0.1, -0.05) is 11.6 Å². The molecular formula is C19H17ClN2O7. The van der Waals surface area contributed by atoms with Crippen molar-refractivity contribution in [1.29, 1.82) is 0 Å². The van der Waals surface area contributed by atoms with E-state index < -0.39 is 23.4 Å². The average molecular weight is 421 g/mol. The Bertz CT molecular complexity index is 929. The molecule has 2 rings (SSSR count). The fourth-order valence-electron chi connectivity index (χ4n) is 2.30. The lowest BCUT2D eigenvalue weighted by atomic mass is 10.1. The molecule has 0 aromatic heterocycles. The molecule has 10 heteroatoms. The van der Waals surface area contributed by atoms with Crippen LogP contribution in [0.4, 0.5) is 11.4 Å². The normalized spacial score (nSPS) is 10.1.